The van der Waals surface area contributed by atoms with Gasteiger partial charge in [0.15, 0.2) is 6.29 Å². The maximum absolute atomic E-state index is 12.1. The Hall–Kier alpha value is -3.54. The summed E-state index contributed by atoms with van der Waals surface area (Å²) >= 11 is 0. The molecule has 1 heterocycles. The SMILES string of the molecule is COC(=O)c1c(C=O)ccc2cc3cc4c(cc3cc12)C(=O)OC4=O. The fourth-order valence-corrected chi connectivity index (χ4v) is 3.10. The van der Waals surface area contributed by atoms with Crippen LogP contribution in [0.4, 0.5) is 0 Å². The fourth-order valence-electron chi connectivity index (χ4n) is 3.10. The van der Waals surface area contributed by atoms with Crippen molar-refractivity contribution in [3.05, 3.63) is 58.7 Å². The molecular formula is C19H10O6. The smallest absolute Gasteiger partial charge is 0.346 e. The zero-order valence-corrected chi connectivity index (χ0v) is 13.0. The molecule has 0 amide bonds. The molecule has 0 N–H and O–H groups in total. The normalized spacial score (nSPS) is 13.0. The molecule has 1 aliphatic heterocycles. The molecule has 0 unspecified atom stereocenters. The summed E-state index contributed by atoms with van der Waals surface area (Å²) in [6.07, 6.45) is 0.592. The summed E-state index contributed by atoms with van der Waals surface area (Å²) in [5, 5.41) is 2.59. The molecule has 3 aromatic rings. The Labute approximate surface area is 140 Å². The minimum Gasteiger partial charge on any atom is -0.465 e. The molecule has 3 aromatic carbocycles. The molecule has 0 saturated carbocycles. The summed E-state index contributed by atoms with van der Waals surface area (Å²) in [4.78, 5) is 46.9. The Morgan fingerprint density at radius 3 is 2.20 bits per heavy atom. The monoisotopic (exact) mass is 334 g/mol. The van der Waals surface area contributed by atoms with E-state index in [0.29, 0.717) is 27.8 Å². The van der Waals surface area contributed by atoms with Crippen molar-refractivity contribution in [2.24, 2.45) is 0 Å². The maximum atomic E-state index is 12.1. The zero-order valence-electron chi connectivity index (χ0n) is 13.0. The molecule has 0 aliphatic carbocycles. The lowest BCUT2D eigenvalue weighted by Crippen LogP contribution is -2.06. The summed E-state index contributed by atoms with van der Waals surface area (Å²) in [7, 11) is 1.24. The Balaban J connectivity index is 2.10. The van der Waals surface area contributed by atoms with Crippen LogP contribution in [0.2, 0.25) is 0 Å². The largest absolute Gasteiger partial charge is 0.465 e. The molecule has 0 spiro atoms. The molecule has 1 aliphatic rings. The summed E-state index contributed by atoms with van der Waals surface area (Å²) in [6.45, 7) is 0. The molecule has 0 fully saturated rings. The van der Waals surface area contributed by atoms with Gasteiger partial charge in [-0.2, -0.15) is 0 Å². The van der Waals surface area contributed by atoms with E-state index >= 15 is 0 Å². The number of methoxy groups -OCH3 is 1. The zero-order chi connectivity index (χ0) is 17.7. The van der Waals surface area contributed by atoms with Crippen LogP contribution in [0.15, 0.2) is 36.4 Å². The lowest BCUT2D eigenvalue weighted by molar-refractivity contribution is 0.0442. The Morgan fingerprint density at radius 2 is 1.60 bits per heavy atom. The minimum absolute atomic E-state index is 0.163. The van der Waals surface area contributed by atoms with Crippen LogP contribution in [0, 0.1) is 0 Å². The Morgan fingerprint density at radius 1 is 0.960 bits per heavy atom. The third kappa shape index (κ3) is 2.11. The van der Waals surface area contributed by atoms with Gasteiger partial charge in [-0.05, 0) is 45.8 Å². The van der Waals surface area contributed by atoms with Crippen molar-refractivity contribution in [2.45, 2.75) is 0 Å². The van der Waals surface area contributed by atoms with E-state index in [9.17, 15) is 19.2 Å². The van der Waals surface area contributed by atoms with Crippen molar-refractivity contribution in [3.63, 3.8) is 0 Å². The maximum Gasteiger partial charge on any atom is 0.346 e. The van der Waals surface area contributed by atoms with E-state index in [4.69, 9.17) is 4.74 Å². The van der Waals surface area contributed by atoms with E-state index in [1.54, 1.807) is 36.4 Å². The molecule has 0 atom stereocenters. The summed E-state index contributed by atoms with van der Waals surface area (Å²) in [5.74, 6) is -1.99. The van der Waals surface area contributed by atoms with E-state index in [2.05, 4.69) is 4.74 Å². The molecule has 4 rings (SSSR count). The van der Waals surface area contributed by atoms with Crippen LogP contribution in [-0.4, -0.2) is 31.3 Å². The second-order valence-corrected chi connectivity index (χ2v) is 5.63. The molecule has 6 nitrogen and oxygen atoms in total. The second kappa shape index (κ2) is 5.24. The van der Waals surface area contributed by atoms with Gasteiger partial charge in [-0.25, -0.2) is 14.4 Å². The first kappa shape index (κ1) is 15.0. The van der Waals surface area contributed by atoms with Gasteiger partial charge in [-0.3, -0.25) is 4.79 Å². The number of aldehydes is 1. The van der Waals surface area contributed by atoms with Crippen LogP contribution >= 0.6 is 0 Å². The molecule has 0 aromatic heterocycles. The van der Waals surface area contributed by atoms with Crippen LogP contribution < -0.4 is 0 Å². The first-order valence-electron chi connectivity index (χ1n) is 7.38. The summed E-state index contributed by atoms with van der Waals surface area (Å²) in [6, 6.07) is 9.86. The first-order valence-corrected chi connectivity index (χ1v) is 7.38. The average molecular weight is 334 g/mol. The van der Waals surface area contributed by atoms with Gasteiger partial charge in [0.25, 0.3) is 0 Å². The minimum atomic E-state index is -0.697. The van der Waals surface area contributed by atoms with E-state index < -0.39 is 17.9 Å². The number of rotatable bonds is 2. The highest BCUT2D eigenvalue weighted by molar-refractivity contribution is 6.19. The Bertz CT molecular complexity index is 1130. The number of cyclic esters (lactones) is 2. The van der Waals surface area contributed by atoms with Gasteiger partial charge in [-0.1, -0.05) is 12.1 Å². The fraction of sp³-hybridized carbons (Fsp3) is 0.0526. The van der Waals surface area contributed by atoms with Gasteiger partial charge in [0.2, 0.25) is 0 Å². The van der Waals surface area contributed by atoms with E-state index in [1.165, 1.54) is 7.11 Å². The van der Waals surface area contributed by atoms with Gasteiger partial charge in [-0.15, -0.1) is 0 Å². The quantitative estimate of drug-likeness (QED) is 0.310. The third-order valence-electron chi connectivity index (χ3n) is 4.29. The summed E-state index contributed by atoms with van der Waals surface area (Å²) in [5.41, 5.74) is 0.781. The van der Waals surface area contributed by atoms with Crippen molar-refractivity contribution in [1.82, 2.24) is 0 Å². The van der Waals surface area contributed by atoms with Gasteiger partial charge in [0.1, 0.15) is 0 Å². The standard InChI is InChI=1S/C19H10O6/c1-24-19(23)16-10(8-20)3-2-9-4-11-6-14-15(18(22)25-17(14)21)7-12(11)5-13(9)16/h2-8H,1H3. The van der Waals surface area contributed by atoms with Crippen LogP contribution in [0.5, 0.6) is 0 Å². The van der Waals surface area contributed by atoms with E-state index in [1.807, 2.05) is 0 Å². The number of hydrogen-bond donors (Lipinski definition) is 0. The molecule has 6 heteroatoms. The van der Waals surface area contributed by atoms with Crippen LogP contribution in [0.1, 0.15) is 41.4 Å². The van der Waals surface area contributed by atoms with E-state index in [0.717, 1.165) is 0 Å². The van der Waals surface area contributed by atoms with Crippen LogP contribution in [0.3, 0.4) is 0 Å². The molecule has 0 radical (unpaired) electrons. The van der Waals surface area contributed by atoms with Gasteiger partial charge >= 0.3 is 17.9 Å². The van der Waals surface area contributed by atoms with Crippen molar-refractivity contribution in [3.8, 4) is 0 Å². The predicted molar refractivity (Wildman–Crippen MR) is 87.9 cm³/mol. The first-order chi connectivity index (χ1) is 12.0. The van der Waals surface area contributed by atoms with E-state index in [-0.39, 0.29) is 22.3 Å². The molecule has 122 valence electrons. The van der Waals surface area contributed by atoms with Crippen molar-refractivity contribution in [2.75, 3.05) is 7.11 Å². The van der Waals surface area contributed by atoms with Crippen LogP contribution in [-0.2, 0) is 9.47 Å². The second-order valence-electron chi connectivity index (χ2n) is 5.63. The van der Waals surface area contributed by atoms with Gasteiger partial charge in [0, 0.05) is 5.56 Å². The lowest BCUT2D eigenvalue weighted by Gasteiger charge is -2.10. The number of fused-ring (bicyclic) bond motifs is 3. The van der Waals surface area contributed by atoms with Crippen LogP contribution in [0.25, 0.3) is 21.5 Å². The number of benzene rings is 3. The van der Waals surface area contributed by atoms with Crippen molar-refractivity contribution >= 4 is 45.7 Å². The number of esters is 3. The summed E-state index contributed by atoms with van der Waals surface area (Å²) < 4.78 is 9.41. The number of hydrogen-bond acceptors (Lipinski definition) is 6. The highest BCUT2D eigenvalue weighted by Gasteiger charge is 2.30. The Kier molecular flexibility index (Phi) is 3.15. The lowest BCUT2D eigenvalue weighted by atomic mass is 9.94. The molecular weight excluding hydrogens is 324 g/mol. The van der Waals surface area contributed by atoms with Gasteiger partial charge in [0.05, 0.1) is 23.8 Å². The highest BCUT2D eigenvalue weighted by Crippen LogP contribution is 2.31. The number of ether oxygens (including phenoxy) is 2. The van der Waals surface area contributed by atoms with Crippen molar-refractivity contribution < 1.29 is 28.7 Å². The topological polar surface area (TPSA) is 86.7 Å². The predicted octanol–water partition coefficient (Wildman–Crippen LogP) is 2.90. The molecule has 0 bridgehead atoms. The molecule has 0 saturated heterocycles. The van der Waals surface area contributed by atoms with Gasteiger partial charge < -0.3 is 9.47 Å². The molecule has 25 heavy (non-hydrogen) atoms. The third-order valence-corrected chi connectivity index (χ3v) is 4.29. The van der Waals surface area contributed by atoms with Crippen molar-refractivity contribution in [1.29, 1.82) is 0 Å². The number of carbonyl (C=O) groups excluding carboxylic acids is 4. The highest BCUT2D eigenvalue weighted by atomic mass is 16.6. The number of carbonyl (C=O) groups is 4. The average Bonchev–Trinajstić information content (AvgIpc) is 2.89.